The molecule has 2 aromatic carbocycles. The van der Waals surface area contributed by atoms with Crippen molar-refractivity contribution < 1.29 is 27.4 Å². The van der Waals surface area contributed by atoms with Crippen molar-refractivity contribution >= 4 is 5.91 Å². The van der Waals surface area contributed by atoms with Crippen molar-refractivity contribution in [2.45, 2.75) is 25.5 Å². The first-order valence-electron chi connectivity index (χ1n) is 8.19. The number of likely N-dealkylation sites (tertiary alicyclic amines) is 1. The predicted molar refractivity (Wildman–Crippen MR) is 89.0 cm³/mol. The van der Waals surface area contributed by atoms with Gasteiger partial charge in [0.2, 0.25) is 0 Å². The van der Waals surface area contributed by atoms with Gasteiger partial charge in [0.25, 0.3) is 5.91 Å². The van der Waals surface area contributed by atoms with E-state index in [1.807, 2.05) is 0 Å². The number of carbonyl (C=O) groups is 1. The molecule has 1 unspecified atom stereocenters. The standard InChI is InChI=1S/C19H18F3NO3/c1-25-17-11-13(6-9-16(17)26-19(21)22)18(24)23-10-2-3-15(23)12-4-7-14(20)8-5-12/h4-9,11,15,19H,2-3,10H2,1H3. The van der Waals surface area contributed by atoms with Crippen LogP contribution in [-0.2, 0) is 0 Å². The van der Waals surface area contributed by atoms with E-state index < -0.39 is 6.61 Å². The Hall–Kier alpha value is -2.70. The molecule has 1 heterocycles. The van der Waals surface area contributed by atoms with Crippen LogP contribution < -0.4 is 9.47 Å². The molecule has 1 amide bonds. The van der Waals surface area contributed by atoms with Gasteiger partial charge in [0.05, 0.1) is 13.2 Å². The maximum absolute atomic E-state index is 13.1. The van der Waals surface area contributed by atoms with Gasteiger partial charge in [-0.1, -0.05) is 12.1 Å². The minimum Gasteiger partial charge on any atom is -0.493 e. The summed E-state index contributed by atoms with van der Waals surface area (Å²) >= 11 is 0. The molecule has 0 spiro atoms. The second-order valence-electron chi connectivity index (χ2n) is 5.95. The van der Waals surface area contributed by atoms with Gasteiger partial charge in [-0.3, -0.25) is 4.79 Å². The number of amides is 1. The number of alkyl halides is 2. The zero-order valence-corrected chi connectivity index (χ0v) is 14.1. The van der Waals surface area contributed by atoms with Crippen molar-refractivity contribution in [3.63, 3.8) is 0 Å². The third-order valence-corrected chi connectivity index (χ3v) is 4.40. The SMILES string of the molecule is COc1cc(C(=O)N2CCCC2c2ccc(F)cc2)ccc1OC(F)F. The molecule has 0 radical (unpaired) electrons. The first-order chi connectivity index (χ1) is 12.5. The van der Waals surface area contributed by atoms with E-state index in [1.54, 1.807) is 17.0 Å². The molecule has 0 N–H and O–H groups in total. The second-order valence-corrected chi connectivity index (χ2v) is 5.95. The first kappa shape index (κ1) is 18.1. The van der Waals surface area contributed by atoms with E-state index in [-0.39, 0.29) is 29.3 Å². The van der Waals surface area contributed by atoms with Gasteiger partial charge in [-0.05, 0) is 48.7 Å². The van der Waals surface area contributed by atoms with Gasteiger partial charge in [-0.2, -0.15) is 8.78 Å². The molecule has 1 fully saturated rings. The third-order valence-electron chi connectivity index (χ3n) is 4.40. The highest BCUT2D eigenvalue weighted by molar-refractivity contribution is 5.95. The second kappa shape index (κ2) is 7.68. The van der Waals surface area contributed by atoms with Crippen LogP contribution in [0.1, 0.15) is 34.8 Å². The molecule has 1 saturated heterocycles. The average Bonchev–Trinajstić information content (AvgIpc) is 3.11. The zero-order chi connectivity index (χ0) is 18.7. The Morgan fingerprint density at radius 1 is 1.15 bits per heavy atom. The monoisotopic (exact) mass is 365 g/mol. The highest BCUT2D eigenvalue weighted by Crippen LogP contribution is 2.35. The van der Waals surface area contributed by atoms with Gasteiger partial charge in [0.1, 0.15) is 5.82 Å². The fourth-order valence-corrected chi connectivity index (χ4v) is 3.20. The van der Waals surface area contributed by atoms with Gasteiger partial charge in [0.15, 0.2) is 11.5 Å². The summed E-state index contributed by atoms with van der Waals surface area (Å²) in [6.07, 6.45) is 1.61. The van der Waals surface area contributed by atoms with E-state index in [9.17, 15) is 18.0 Å². The molecule has 26 heavy (non-hydrogen) atoms. The van der Waals surface area contributed by atoms with Crippen molar-refractivity contribution in [3.8, 4) is 11.5 Å². The van der Waals surface area contributed by atoms with Gasteiger partial charge in [0, 0.05) is 12.1 Å². The molecule has 7 heteroatoms. The lowest BCUT2D eigenvalue weighted by molar-refractivity contribution is -0.0512. The molecule has 138 valence electrons. The third kappa shape index (κ3) is 3.76. The summed E-state index contributed by atoms with van der Waals surface area (Å²) in [6.45, 7) is -2.41. The van der Waals surface area contributed by atoms with E-state index >= 15 is 0 Å². The van der Waals surface area contributed by atoms with Crippen LogP contribution in [0, 0.1) is 5.82 Å². The van der Waals surface area contributed by atoms with E-state index in [0.717, 1.165) is 18.4 Å². The van der Waals surface area contributed by atoms with Crippen molar-refractivity contribution in [2.75, 3.05) is 13.7 Å². The number of halogens is 3. The number of nitrogens with zero attached hydrogens (tertiary/aromatic N) is 1. The average molecular weight is 365 g/mol. The maximum atomic E-state index is 13.1. The van der Waals surface area contributed by atoms with Crippen LogP contribution in [0.4, 0.5) is 13.2 Å². The highest BCUT2D eigenvalue weighted by Gasteiger charge is 2.31. The lowest BCUT2D eigenvalue weighted by atomic mass is 10.0. The van der Waals surface area contributed by atoms with Crippen molar-refractivity contribution in [1.29, 1.82) is 0 Å². The van der Waals surface area contributed by atoms with E-state index in [2.05, 4.69) is 4.74 Å². The van der Waals surface area contributed by atoms with Gasteiger partial charge >= 0.3 is 6.61 Å². The fraction of sp³-hybridized carbons (Fsp3) is 0.316. The summed E-state index contributed by atoms with van der Waals surface area (Å²) < 4.78 is 47.4. The normalized spacial score (nSPS) is 16.8. The van der Waals surface area contributed by atoms with Crippen LogP contribution in [0.3, 0.4) is 0 Å². The molecule has 4 nitrogen and oxygen atoms in total. The molecule has 0 aliphatic carbocycles. The molecule has 1 aliphatic rings. The Kier molecular flexibility index (Phi) is 5.35. The van der Waals surface area contributed by atoms with Crippen molar-refractivity contribution in [3.05, 3.63) is 59.4 Å². The van der Waals surface area contributed by atoms with Gasteiger partial charge in [-0.15, -0.1) is 0 Å². The molecular formula is C19H18F3NO3. The maximum Gasteiger partial charge on any atom is 0.387 e. The molecular weight excluding hydrogens is 347 g/mol. The summed E-state index contributed by atoms with van der Waals surface area (Å²) in [6, 6.07) is 10.1. The van der Waals surface area contributed by atoms with Crippen LogP contribution in [0.5, 0.6) is 11.5 Å². The summed E-state index contributed by atoms with van der Waals surface area (Å²) in [5.41, 5.74) is 1.18. The van der Waals surface area contributed by atoms with Crippen LogP contribution >= 0.6 is 0 Å². The Morgan fingerprint density at radius 2 is 1.88 bits per heavy atom. The molecule has 3 rings (SSSR count). The van der Waals surface area contributed by atoms with Crippen LogP contribution in [0.2, 0.25) is 0 Å². The minimum absolute atomic E-state index is 0.0636. The Bertz CT molecular complexity index is 780. The molecule has 2 aromatic rings. The quantitative estimate of drug-likeness (QED) is 0.788. The predicted octanol–water partition coefficient (Wildman–Crippen LogP) is 4.41. The summed E-state index contributed by atoms with van der Waals surface area (Å²) in [7, 11) is 1.32. The smallest absolute Gasteiger partial charge is 0.387 e. The fourth-order valence-electron chi connectivity index (χ4n) is 3.20. The first-order valence-corrected chi connectivity index (χ1v) is 8.19. The van der Waals surface area contributed by atoms with Crippen LogP contribution in [-0.4, -0.2) is 31.1 Å². The molecule has 0 saturated carbocycles. The molecule has 1 atom stereocenters. The lowest BCUT2D eigenvalue weighted by Crippen LogP contribution is -2.30. The van der Waals surface area contributed by atoms with E-state index in [0.29, 0.717) is 12.1 Å². The van der Waals surface area contributed by atoms with Crippen molar-refractivity contribution in [2.24, 2.45) is 0 Å². The van der Waals surface area contributed by atoms with E-state index in [1.165, 1.54) is 37.4 Å². The topological polar surface area (TPSA) is 38.8 Å². The summed E-state index contributed by atoms with van der Waals surface area (Å²) in [5, 5.41) is 0. The zero-order valence-electron chi connectivity index (χ0n) is 14.1. The number of hydrogen-bond donors (Lipinski definition) is 0. The number of benzene rings is 2. The van der Waals surface area contributed by atoms with Crippen molar-refractivity contribution in [1.82, 2.24) is 4.90 Å². The molecule has 0 aromatic heterocycles. The van der Waals surface area contributed by atoms with Crippen LogP contribution in [0.25, 0.3) is 0 Å². The number of hydrogen-bond acceptors (Lipinski definition) is 3. The Balaban J connectivity index is 1.84. The van der Waals surface area contributed by atoms with Gasteiger partial charge in [-0.25, -0.2) is 4.39 Å². The van der Waals surface area contributed by atoms with Gasteiger partial charge < -0.3 is 14.4 Å². The summed E-state index contributed by atoms with van der Waals surface area (Å²) in [4.78, 5) is 14.6. The molecule has 0 bridgehead atoms. The largest absolute Gasteiger partial charge is 0.493 e. The minimum atomic E-state index is -2.98. The molecule has 1 aliphatic heterocycles. The Labute approximate surface area is 149 Å². The number of carbonyl (C=O) groups excluding carboxylic acids is 1. The Morgan fingerprint density at radius 3 is 2.54 bits per heavy atom. The lowest BCUT2D eigenvalue weighted by Gasteiger charge is -2.25. The number of ether oxygens (including phenoxy) is 2. The highest BCUT2D eigenvalue weighted by atomic mass is 19.3. The number of methoxy groups -OCH3 is 1. The van der Waals surface area contributed by atoms with Crippen LogP contribution in [0.15, 0.2) is 42.5 Å². The summed E-state index contributed by atoms with van der Waals surface area (Å²) in [5.74, 6) is -0.632. The number of rotatable bonds is 5. The van der Waals surface area contributed by atoms with E-state index in [4.69, 9.17) is 4.74 Å².